The zero-order chi connectivity index (χ0) is 18.8. The molecule has 1 heterocycles. The van der Waals surface area contributed by atoms with E-state index in [-0.39, 0.29) is 30.3 Å². The lowest BCUT2D eigenvalue weighted by Crippen LogP contribution is -2.49. The highest BCUT2D eigenvalue weighted by atomic mass is 35.5. The Balaban J connectivity index is 1.67. The standard InChI is InChI=1S/C18H21Cl2N3O3/c1-22(10-16(24)21-14-4-5-14)18(26)15-3-2-6-23(15)17(25)11-7-12(19)9-13(20)8-11/h7-9,14-15H,2-6,10H2,1H3,(H,21,24). The third-order valence-electron chi connectivity index (χ3n) is 4.61. The summed E-state index contributed by atoms with van der Waals surface area (Å²) in [6, 6.07) is 4.32. The molecule has 1 aliphatic heterocycles. The molecule has 0 spiro atoms. The lowest BCUT2D eigenvalue weighted by Gasteiger charge is -2.28. The third-order valence-corrected chi connectivity index (χ3v) is 5.04. The third kappa shape index (κ3) is 4.48. The molecule has 2 aliphatic rings. The van der Waals surface area contributed by atoms with E-state index < -0.39 is 6.04 Å². The second-order valence-corrected chi connectivity index (χ2v) is 7.72. The fourth-order valence-corrected chi connectivity index (χ4v) is 3.68. The highest BCUT2D eigenvalue weighted by Gasteiger charge is 2.36. The summed E-state index contributed by atoms with van der Waals surface area (Å²) in [5, 5.41) is 3.60. The number of likely N-dealkylation sites (tertiary alicyclic amines) is 1. The van der Waals surface area contributed by atoms with Gasteiger partial charge in [0.25, 0.3) is 5.91 Å². The van der Waals surface area contributed by atoms with Crippen LogP contribution in [0.15, 0.2) is 18.2 Å². The molecule has 0 bridgehead atoms. The summed E-state index contributed by atoms with van der Waals surface area (Å²) in [4.78, 5) is 40.4. The zero-order valence-electron chi connectivity index (χ0n) is 14.5. The van der Waals surface area contributed by atoms with Crippen molar-refractivity contribution in [1.29, 1.82) is 0 Å². The summed E-state index contributed by atoms with van der Waals surface area (Å²) >= 11 is 12.0. The fourth-order valence-electron chi connectivity index (χ4n) is 3.16. The number of hydrogen-bond acceptors (Lipinski definition) is 3. The minimum Gasteiger partial charge on any atom is -0.352 e. The molecule has 1 saturated carbocycles. The number of likely N-dealkylation sites (N-methyl/N-ethyl adjacent to an activating group) is 1. The van der Waals surface area contributed by atoms with Gasteiger partial charge in [0.15, 0.2) is 0 Å². The van der Waals surface area contributed by atoms with Crippen molar-refractivity contribution in [2.75, 3.05) is 20.1 Å². The van der Waals surface area contributed by atoms with E-state index in [0.717, 1.165) is 19.3 Å². The van der Waals surface area contributed by atoms with Gasteiger partial charge in [-0.25, -0.2) is 0 Å². The fraction of sp³-hybridized carbons (Fsp3) is 0.500. The highest BCUT2D eigenvalue weighted by Crippen LogP contribution is 2.25. The van der Waals surface area contributed by atoms with Gasteiger partial charge in [-0.15, -0.1) is 0 Å². The summed E-state index contributed by atoms with van der Waals surface area (Å²) in [6.45, 7) is 0.484. The van der Waals surface area contributed by atoms with Crippen molar-refractivity contribution in [2.24, 2.45) is 0 Å². The van der Waals surface area contributed by atoms with Gasteiger partial charge < -0.3 is 15.1 Å². The van der Waals surface area contributed by atoms with Gasteiger partial charge in [0.05, 0.1) is 6.54 Å². The first kappa shape index (κ1) is 19.0. The Morgan fingerprint density at radius 1 is 1.15 bits per heavy atom. The first-order valence-corrected chi connectivity index (χ1v) is 9.42. The SMILES string of the molecule is CN(CC(=O)NC1CC1)C(=O)C1CCCN1C(=O)c1cc(Cl)cc(Cl)c1. The Bertz CT molecular complexity index is 716. The average Bonchev–Trinajstić information content (AvgIpc) is 3.24. The van der Waals surface area contributed by atoms with Gasteiger partial charge in [-0.3, -0.25) is 14.4 Å². The Kier molecular flexibility index (Phi) is 5.73. The van der Waals surface area contributed by atoms with Gasteiger partial charge in [0.1, 0.15) is 6.04 Å². The van der Waals surface area contributed by atoms with Crippen LogP contribution in [0, 0.1) is 0 Å². The Morgan fingerprint density at radius 2 is 1.81 bits per heavy atom. The van der Waals surface area contributed by atoms with Crippen molar-refractivity contribution in [3.8, 4) is 0 Å². The number of rotatable bonds is 5. The maximum Gasteiger partial charge on any atom is 0.254 e. The van der Waals surface area contributed by atoms with E-state index in [0.29, 0.717) is 28.6 Å². The first-order valence-electron chi connectivity index (χ1n) is 8.66. The van der Waals surface area contributed by atoms with Crippen LogP contribution >= 0.6 is 23.2 Å². The summed E-state index contributed by atoms with van der Waals surface area (Å²) in [7, 11) is 1.59. The quantitative estimate of drug-likeness (QED) is 0.828. The van der Waals surface area contributed by atoms with Crippen LogP contribution in [0.5, 0.6) is 0 Å². The van der Waals surface area contributed by atoms with Crippen molar-refractivity contribution in [3.05, 3.63) is 33.8 Å². The van der Waals surface area contributed by atoms with Crippen molar-refractivity contribution in [2.45, 2.75) is 37.8 Å². The lowest BCUT2D eigenvalue weighted by atomic mass is 10.1. The first-order chi connectivity index (χ1) is 12.3. The van der Waals surface area contributed by atoms with Gasteiger partial charge in [-0.05, 0) is 43.9 Å². The van der Waals surface area contributed by atoms with Crippen LogP contribution in [0.3, 0.4) is 0 Å². The molecule has 1 saturated heterocycles. The predicted octanol–water partition coefficient (Wildman–Crippen LogP) is 2.34. The van der Waals surface area contributed by atoms with E-state index in [1.807, 2.05) is 0 Å². The summed E-state index contributed by atoms with van der Waals surface area (Å²) in [5.74, 6) is -0.670. The van der Waals surface area contributed by atoms with Crippen LogP contribution in [-0.4, -0.2) is 59.7 Å². The van der Waals surface area contributed by atoms with Crippen LogP contribution in [0.25, 0.3) is 0 Å². The van der Waals surface area contributed by atoms with Crippen LogP contribution in [-0.2, 0) is 9.59 Å². The molecule has 1 aromatic carbocycles. The second-order valence-electron chi connectivity index (χ2n) is 6.85. The van der Waals surface area contributed by atoms with Crippen LogP contribution in [0.2, 0.25) is 10.0 Å². The Hall–Kier alpha value is -1.79. The number of nitrogens with zero attached hydrogens (tertiary/aromatic N) is 2. The molecule has 3 rings (SSSR count). The van der Waals surface area contributed by atoms with Crippen LogP contribution in [0.4, 0.5) is 0 Å². The van der Waals surface area contributed by atoms with Gasteiger partial charge in [-0.1, -0.05) is 23.2 Å². The second kappa shape index (κ2) is 7.84. The summed E-state index contributed by atoms with van der Waals surface area (Å²) < 4.78 is 0. The number of nitrogens with one attached hydrogen (secondary N) is 1. The molecule has 26 heavy (non-hydrogen) atoms. The van der Waals surface area contributed by atoms with Gasteiger partial charge >= 0.3 is 0 Å². The van der Waals surface area contributed by atoms with E-state index in [4.69, 9.17) is 23.2 Å². The number of benzene rings is 1. The molecule has 1 unspecified atom stereocenters. The predicted molar refractivity (Wildman–Crippen MR) is 99.3 cm³/mol. The van der Waals surface area contributed by atoms with Gasteiger partial charge in [0, 0.05) is 35.2 Å². The van der Waals surface area contributed by atoms with Crippen LogP contribution < -0.4 is 5.32 Å². The van der Waals surface area contributed by atoms with Crippen molar-refractivity contribution in [1.82, 2.24) is 15.1 Å². The number of halogens is 2. The monoisotopic (exact) mass is 397 g/mol. The molecule has 8 heteroatoms. The smallest absolute Gasteiger partial charge is 0.254 e. The molecule has 0 aromatic heterocycles. The maximum absolute atomic E-state index is 12.8. The van der Waals surface area contributed by atoms with Crippen molar-refractivity contribution < 1.29 is 14.4 Å². The van der Waals surface area contributed by atoms with Crippen molar-refractivity contribution >= 4 is 40.9 Å². The maximum atomic E-state index is 12.8. The Labute approximate surface area is 162 Å². The number of carbonyl (C=O) groups excluding carboxylic acids is 3. The molecule has 1 aromatic rings. The molecular formula is C18H21Cl2N3O3. The van der Waals surface area contributed by atoms with E-state index in [1.165, 1.54) is 4.90 Å². The van der Waals surface area contributed by atoms with Gasteiger partial charge in [-0.2, -0.15) is 0 Å². The molecule has 3 amide bonds. The van der Waals surface area contributed by atoms with E-state index >= 15 is 0 Å². The van der Waals surface area contributed by atoms with Crippen molar-refractivity contribution in [3.63, 3.8) is 0 Å². The number of hydrogen-bond donors (Lipinski definition) is 1. The van der Waals surface area contributed by atoms with E-state index in [1.54, 1.807) is 30.1 Å². The molecule has 0 radical (unpaired) electrons. The topological polar surface area (TPSA) is 69.7 Å². The van der Waals surface area contributed by atoms with Crippen LogP contribution in [0.1, 0.15) is 36.0 Å². The molecule has 1 N–H and O–H groups in total. The molecule has 2 fully saturated rings. The minimum atomic E-state index is -0.570. The lowest BCUT2D eigenvalue weighted by molar-refractivity contribution is -0.137. The molecular weight excluding hydrogens is 377 g/mol. The van der Waals surface area contributed by atoms with E-state index in [2.05, 4.69) is 5.32 Å². The molecule has 6 nitrogen and oxygen atoms in total. The van der Waals surface area contributed by atoms with E-state index in [9.17, 15) is 14.4 Å². The molecule has 140 valence electrons. The summed E-state index contributed by atoms with van der Waals surface area (Å²) in [6.07, 6.45) is 3.30. The number of carbonyl (C=O) groups is 3. The zero-order valence-corrected chi connectivity index (χ0v) is 16.0. The Morgan fingerprint density at radius 3 is 2.42 bits per heavy atom. The summed E-state index contributed by atoms with van der Waals surface area (Å²) in [5.41, 5.74) is 0.358. The molecule has 1 atom stereocenters. The van der Waals surface area contributed by atoms with Gasteiger partial charge in [0.2, 0.25) is 11.8 Å². The largest absolute Gasteiger partial charge is 0.352 e. The minimum absolute atomic E-state index is 0.00312. The normalized spacial score (nSPS) is 19.3. The molecule has 1 aliphatic carbocycles. The number of amides is 3. The highest BCUT2D eigenvalue weighted by molar-refractivity contribution is 6.35. The average molecular weight is 398 g/mol.